The zero-order valence-corrected chi connectivity index (χ0v) is 16.3. The summed E-state index contributed by atoms with van der Waals surface area (Å²) in [5.74, 6) is 1.43. The summed E-state index contributed by atoms with van der Waals surface area (Å²) in [7, 11) is 1.72. The molecule has 3 heterocycles. The highest BCUT2D eigenvalue weighted by Gasteiger charge is 2.29. The van der Waals surface area contributed by atoms with Crippen molar-refractivity contribution in [3.8, 4) is 0 Å². The molecule has 1 fully saturated rings. The van der Waals surface area contributed by atoms with E-state index in [0.717, 1.165) is 31.7 Å². The summed E-state index contributed by atoms with van der Waals surface area (Å²) in [4.78, 5) is 15.2. The Labute approximate surface area is 163 Å². The number of nitrogens with zero attached hydrogens (tertiary/aromatic N) is 4. The first-order chi connectivity index (χ1) is 12.9. The molecule has 9 heteroatoms. The first kappa shape index (κ1) is 19.3. The Morgan fingerprint density at radius 2 is 2.07 bits per heavy atom. The third-order valence-electron chi connectivity index (χ3n) is 5.21. The second kappa shape index (κ2) is 7.66. The summed E-state index contributed by atoms with van der Waals surface area (Å²) in [6.07, 6.45) is 5.26. The largest absolute Gasteiger partial charge is 0.382 e. The summed E-state index contributed by atoms with van der Waals surface area (Å²) >= 11 is 6.33. The van der Waals surface area contributed by atoms with Gasteiger partial charge in [0.1, 0.15) is 17.3 Å². The zero-order chi connectivity index (χ0) is 19.6. The molecule has 2 aromatic rings. The fourth-order valence-electron chi connectivity index (χ4n) is 3.16. The number of halogens is 1. The first-order valence-corrected chi connectivity index (χ1v) is 9.25. The van der Waals surface area contributed by atoms with E-state index in [1.54, 1.807) is 25.5 Å². The number of nitrogens with two attached hydrogens (primary N) is 2. The molecule has 1 aliphatic rings. The topological polar surface area (TPSA) is 130 Å². The lowest BCUT2D eigenvalue weighted by Gasteiger charge is -2.39. The van der Waals surface area contributed by atoms with E-state index in [-0.39, 0.29) is 16.9 Å². The van der Waals surface area contributed by atoms with E-state index < -0.39 is 0 Å². The number of piperidine rings is 1. The monoisotopic (exact) mass is 388 g/mol. The predicted molar refractivity (Wildman–Crippen MR) is 110 cm³/mol. The molecule has 144 valence electrons. The van der Waals surface area contributed by atoms with E-state index in [0.29, 0.717) is 28.6 Å². The quantitative estimate of drug-likeness (QED) is 0.577. The molecule has 0 atom stereocenters. The first-order valence-electron chi connectivity index (χ1n) is 8.87. The molecule has 0 bridgehead atoms. The Hall–Kier alpha value is -2.45. The van der Waals surface area contributed by atoms with Crippen LogP contribution in [-0.4, -0.2) is 47.3 Å². The fourth-order valence-corrected chi connectivity index (χ4v) is 3.46. The standard InChI is InChI=1S/C18H25ClN8/c1-18(10-20)4-7-27(8-5-18)12-9-25-15(16(22)26-12)14(21)11-3-6-24-17(23-2)13(11)19/h3,6,9,21H,4-5,7-8,10,20H2,1-2H3,(H2,22,26)(H,23,24). The molecule has 1 aliphatic heterocycles. The number of hydrogen-bond donors (Lipinski definition) is 4. The molecule has 0 amide bonds. The Kier molecular flexibility index (Phi) is 5.48. The molecule has 0 aromatic carbocycles. The fraction of sp³-hybridized carbons (Fsp3) is 0.444. The van der Waals surface area contributed by atoms with Gasteiger partial charge in [0.15, 0.2) is 5.82 Å². The van der Waals surface area contributed by atoms with Crippen molar-refractivity contribution in [1.29, 1.82) is 5.41 Å². The van der Waals surface area contributed by atoms with Gasteiger partial charge >= 0.3 is 0 Å². The average Bonchev–Trinajstić information content (AvgIpc) is 2.68. The Balaban J connectivity index is 1.82. The molecule has 0 radical (unpaired) electrons. The molecule has 3 rings (SSSR count). The predicted octanol–water partition coefficient (Wildman–Crippen LogP) is 2.13. The van der Waals surface area contributed by atoms with Crippen LogP contribution >= 0.6 is 11.6 Å². The lowest BCUT2D eigenvalue weighted by Crippen LogP contribution is -2.42. The summed E-state index contributed by atoms with van der Waals surface area (Å²) in [5, 5.41) is 11.7. The number of aromatic nitrogens is 3. The normalized spacial score (nSPS) is 16.2. The van der Waals surface area contributed by atoms with Crippen LogP contribution in [0.15, 0.2) is 18.5 Å². The second-order valence-electron chi connectivity index (χ2n) is 7.11. The Bertz CT molecular complexity index is 845. The lowest BCUT2D eigenvalue weighted by molar-refractivity contribution is 0.258. The highest BCUT2D eigenvalue weighted by atomic mass is 35.5. The third kappa shape index (κ3) is 3.81. The molecule has 8 nitrogen and oxygen atoms in total. The van der Waals surface area contributed by atoms with Gasteiger partial charge in [-0.05, 0) is 30.9 Å². The second-order valence-corrected chi connectivity index (χ2v) is 7.49. The molecule has 1 saturated heterocycles. The van der Waals surface area contributed by atoms with Crippen molar-refractivity contribution in [2.45, 2.75) is 19.8 Å². The van der Waals surface area contributed by atoms with Gasteiger partial charge in [-0.2, -0.15) is 0 Å². The summed E-state index contributed by atoms with van der Waals surface area (Å²) < 4.78 is 0. The Morgan fingerprint density at radius 1 is 1.37 bits per heavy atom. The van der Waals surface area contributed by atoms with Gasteiger partial charge in [0.25, 0.3) is 0 Å². The highest BCUT2D eigenvalue weighted by Crippen LogP contribution is 2.32. The SMILES string of the molecule is CNc1nccc(C(=N)c2ncc(N3CCC(C)(CN)CC3)nc2N)c1Cl. The lowest BCUT2D eigenvalue weighted by atomic mass is 9.80. The van der Waals surface area contributed by atoms with Crippen molar-refractivity contribution in [3.05, 3.63) is 34.7 Å². The van der Waals surface area contributed by atoms with Crippen LogP contribution in [0.1, 0.15) is 31.0 Å². The Morgan fingerprint density at radius 3 is 2.67 bits per heavy atom. The summed E-state index contributed by atoms with van der Waals surface area (Å²) in [5.41, 5.74) is 13.1. The molecule has 27 heavy (non-hydrogen) atoms. The van der Waals surface area contributed by atoms with E-state index in [4.69, 9.17) is 28.5 Å². The van der Waals surface area contributed by atoms with Gasteiger partial charge in [0, 0.05) is 31.9 Å². The molecular formula is C18H25ClN8. The van der Waals surface area contributed by atoms with Crippen LogP contribution in [-0.2, 0) is 0 Å². The van der Waals surface area contributed by atoms with Gasteiger partial charge in [-0.25, -0.2) is 15.0 Å². The summed E-state index contributed by atoms with van der Waals surface area (Å²) in [6.45, 7) is 4.62. The van der Waals surface area contributed by atoms with Crippen molar-refractivity contribution >= 4 is 34.8 Å². The summed E-state index contributed by atoms with van der Waals surface area (Å²) in [6, 6.07) is 1.67. The number of hydrogen-bond acceptors (Lipinski definition) is 8. The smallest absolute Gasteiger partial charge is 0.154 e. The maximum absolute atomic E-state index is 8.47. The van der Waals surface area contributed by atoms with Crippen LogP contribution in [0.5, 0.6) is 0 Å². The maximum atomic E-state index is 8.47. The maximum Gasteiger partial charge on any atom is 0.154 e. The minimum atomic E-state index is 0.116. The van der Waals surface area contributed by atoms with Crippen LogP contribution in [0.4, 0.5) is 17.5 Å². The molecule has 0 unspecified atom stereocenters. The van der Waals surface area contributed by atoms with Gasteiger partial charge in [-0.3, -0.25) is 5.41 Å². The molecule has 0 aliphatic carbocycles. The number of anilines is 3. The van der Waals surface area contributed by atoms with Crippen molar-refractivity contribution < 1.29 is 0 Å². The van der Waals surface area contributed by atoms with Crippen LogP contribution in [0.3, 0.4) is 0 Å². The third-order valence-corrected chi connectivity index (χ3v) is 5.59. The number of nitrogen functional groups attached to an aromatic ring is 1. The van der Waals surface area contributed by atoms with Crippen molar-refractivity contribution in [1.82, 2.24) is 15.0 Å². The van der Waals surface area contributed by atoms with Crippen molar-refractivity contribution in [2.75, 3.05) is 42.6 Å². The van der Waals surface area contributed by atoms with E-state index in [1.165, 1.54) is 0 Å². The molecule has 2 aromatic heterocycles. The van der Waals surface area contributed by atoms with Gasteiger partial charge in [0.2, 0.25) is 0 Å². The van der Waals surface area contributed by atoms with E-state index in [1.807, 2.05) is 0 Å². The number of nitrogens with one attached hydrogen (secondary N) is 2. The van der Waals surface area contributed by atoms with Crippen molar-refractivity contribution in [3.63, 3.8) is 0 Å². The van der Waals surface area contributed by atoms with Crippen LogP contribution in [0.2, 0.25) is 5.02 Å². The van der Waals surface area contributed by atoms with Gasteiger partial charge in [-0.15, -0.1) is 0 Å². The van der Waals surface area contributed by atoms with Crippen molar-refractivity contribution in [2.24, 2.45) is 11.1 Å². The van der Waals surface area contributed by atoms with Crippen LogP contribution in [0.25, 0.3) is 0 Å². The van der Waals surface area contributed by atoms with E-state index in [9.17, 15) is 0 Å². The molecule has 0 spiro atoms. The minimum Gasteiger partial charge on any atom is -0.382 e. The average molecular weight is 389 g/mol. The van der Waals surface area contributed by atoms with Gasteiger partial charge < -0.3 is 21.7 Å². The van der Waals surface area contributed by atoms with Gasteiger partial charge in [0.05, 0.1) is 16.9 Å². The van der Waals surface area contributed by atoms with Crippen LogP contribution in [0, 0.1) is 10.8 Å². The zero-order valence-electron chi connectivity index (χ0n) is 15.6. The number of pyridine rings is 1. The van der Waals surface area contributed by atoms with E-state index >= 15 is 0 Å². The number of rotatable bonds is 5. The minimum absolute atomic E-state index is 0.116. The van der Waals surface area contributed by atoms with Gasteiger partial charge in [-0.1, -0.05) is 18.5 Å². The molecule has 6 N–H and O–H groups in total. The highest BCUT2D eigenvalue weighted by molar-refractivity contribution is 6.37. The van der Waals surface area contributed by atoms with Crippen LogP contribution < -0.4 is 21.7 Å². The molecule has 0 saturated carbocycles. The molecular weight excluding hydrogens is 364 g/mol. The van der Waals surface area contributed by atoms with E-state index in [2.05, 4.69) is 32.1 Å².